The van der Waals surface area contributed by atoms with Crippen LogP contribution in [-0.2, 0) is 19.1 Å². The van der Waals surface area contributed by atoms with Gasteiger partial charge < -0.3 is 9.84 Å². The van der Waals surface area contributed by atoms with Gasteiger partial charge in [-0.2, -0.15) is 0 Å². The first kappa shape index (κ1) is 19.1. The minimum Gasteiger partial charge on any atom is -0.478 e. The van der Waals surface area contributed by atoms with Gasteiger partial charge in [0.1, 0.15) is 0 Å². The summed E-state index contributed by atoms with van der Waals surface area (Å²) in [6, 6.07) is 10.0. The Bertz CT molecular complexity index is 554. The lowest BCUT2D eigenvalue weighted by Gasteiger charge is -1.87. The predicted octanol–water partition coefficient (Wildman–Crippen LogP) is 2.99. The summed E-state index contributed by atoms with van der Waals surface area (Å²) in [6.07, 6.45) is 4.53. The van der Waals surface area contributed by atoms with Crippen LogP contribution < -0.4 is 0 Å². The number of hydrogen-bond donors (Lipinski definition) is 1. The quantitative estimate of drug-likeness (QED) is 0.527. The van der Waals surface area contributed by atoms with Gasteiger partial charge in [-0.1, -0.05) is 56.5 Å². The van der Waals surface area contributed by atoms with Crippen LogP contribution in [0.1, 0.15) is 18.9 Å². The van der Waals surface area contributed by atoms with Crippen LogP contribution in [0.2, 0.25) is 0 Å². The number of carboxylic acid groups (broad SMARTS) is 1. The second-order valence-electron chi connectivity index (χ2n) is 3.95. The van der Waals surface area contributed by atoms with Gasteiger partial charge in [0, 0.05) is 17.7 Å². The molecule has 0 amide bonds. The summed E-state index contributed by atoms with van der Waals surface area (Å²) in [4.78, 5) is 29.7. The van der Waals surface area contributed by atoms with E-state index in [0.29, 0.717) is 6.42 Å². The van der Waals surface area contributed by atoms with Crippen LogP contribution in [0.25, 0.3) is 6.08 Å². The molecule has 22 heavy (non-hydrogen) atoms. The van der Waals surface area contributed by atoms with Crippen LogP contribution in [0.3, 0.4) is 0 Å². The number of rotatable bonds is 3. The summed E-state index contributed by atoms with van der Waals surface area (Å²) in [5.74, 6) is -2.06. The van der Waals surface area contributed by atoms with Gasteiger partial charge in [0.25, 0.3) is 0 Å². The Balaban J connectivity index is 0.000000302. The molecule has 0 fully saturated rings. The second kappa shape index (κ2) is 10.8. The molecular formula is C17H18O5. The number of carboxylic acids is 1. The molecule has 1 aliphatic heterocycles. The second-order valence-corrected chi connectivity index (χ2v) is 3.95. The summed E-state index contributed by atoms with van der Waals surface area (Å²) < 4.78 is 3.97. The van der Waals surface area contributed by atoms with Crippen LogP contribution in [-0.4, -0.2) is 23.0 Å². The molecule has 0 radical (unpaired) electrons. The summed E-state index contributed by atoms with van der Waals surface area (Å²) in [5, 5.41) is 8.08. The van der Waals surface area contributed by atoms with E-state index in [-0.39, 0.29) is 5.57 Å². The third-order valence-electron chi connectivity index (χ3n) is 2.32. The van der Waals surface area contributed by atoms with Gasteiger partial charge in [-0.25, -0.2) is 14.4 Å². The van der Waals surface area contributed by atoms with Crippen LogP contribution in [0.4, 0.5) is 0 Å². The number of carbonyl (C=O) groups excluding carboxylic acids is 2. The van der Waals surface area contributed by atoms with E-state index in [1.807, 2.05) is 36.4 Å². The lowest BCUT2D eigenvalue weighted by atomic mass is 10.2. The van der Waals surface area contributed by atoms with Gasteiger partial charge in [0.15, 0.2) is 0 Å². The minimum absolute atomic E-state index is 0.264. The molecule has 0 saturated heterocycles. The van der Waals surface area contributed by atoms with E-state index >= 15 is 0 Å². The molecule has 0 saturated carbocycles. The summed E-state index contributed by atoms with van der Waals surface area (Å²) >= 11 is 0. The molecule has 1 heterocycles. The van der Waals surface area contributed by atoms with Gasteiger partial charge in [-0.05, 0) is 12.0 Å². The SMILES string of the molecule is C=C(CC)C(=O)O.C=Cc1ccccc1.O=C1C=CC(=O)O1. The first-order valence-corrected chi connectivity index (χ1v) is 6.43. The zero-order valence-corrected chi connectivity index (χ0v) is 12.3. The Morgan fingerprint density at radius 2 is 1.68 bits per heavy atom. The molecule has 5 nitrogen and oxygen atoms in total. The zero-order valence-electron chi connectivity index (χ0n) is 12.3. The Kier molecular flexibility index (Phi) is 9.35. The van der Waals surface area contributed by atoms with E-state index in [4.69, 9.17) is 5.11 Å². The molecule has 0 spiro atoms. The van der Waals surface area contributed by atoms with Crippen molar-refractivity contribution in [1.29, 1.82) is 0 Å². The third-order valence-corrected chi connectivity index (χ3v) is 2.32. The molecule has 0 unspecified atom stereocenters. The molecule has 0 bridgehead atoms. The van der Waals surface area contributed by atoms with Crippen LogP contribution >= 0.6 is 0 Å². The van der Waals surface area contributed by atoms with Gasteiger partial charge in [0.2, 0.25) is 0 Å². The summed E-state index contributed by atoms with van der Waals surface area (Å²) in [5.41, 5.74) is 1.44. The first-order valence-electron chi connectivity index (χ1n) is 6.43. The fraction of sp³-hybridized carbons (Fsp3) is 0.118. The molecule has 2 rings (SSSR count). The van der Waals surface area contributed by atoms with Crippen molar-refractivity contribution in [2.75, 3.05) is 0 Å². The molecule has 5 heteroatoms. The molecule has 1 aliphatic rings. The van der Waals surface area contributed by atoms with Gasteiger partial charge >= 0.3 is 17.9 Å². The highest BCUT2D eigenvalue weighted by atomic mass is 16.6. The van der Waals surface area contributed by atoms with Crippen molar-refractivity contribution in [1.82, 2.24) is 0 Å². The minimum atomic E-state index is -0.900. The van der Waals surface area contributed by atoms with Crippen LogP contribution in [0.15, 0.2) is 61.2 Å². The number of benzene rings is 1. The van der Waals surface area contributed by atoms with E-state index in [2.05, 4.69) is 17.9 Å². The van der Waals surface area contributed by atoms with Crippen molar-refractivity contribution in [3.8, 4) is 0 Å². The normalized spacial score (nSPS) is 11.3. The lowest BCUT2D eigenvalue weighted by Crippen LogP contribution is -1.96. The smallest absolute Gasteiger partial charge is 0.338 e. The summed E-state index contributed by atoms with van der Waals surface area (Å²) in [7, 11) is 0. The molecule has 0 aliphatic carbocycles. The third kappa shape index (κ3) is 9.03. The average molecular weight is 302 g/mol. The standard InChI is InChI=1S/C8H8.C5H8O2.C4H2O3/c1-2-8-6-4-3-5-7-8;1-3-4(2)5(6)7;5-3-1-2-4(6)7-3/h2-7H,1H2;2-3H2,1H3,(H,6,7);1-2H. The van der Waals surface area contributed by atoms with E-state index in [1.165, 1.54) is 5.56 Å². The highest BCUT2D eigenvalue weighted by Gasteiger charge is 2.10. The number of cyclic esters (lactones) is 2. The van der Waals surface area contributed by atoms with Crippen molar-refractivity contribution in [3.63, 3.8) is 0 Å². The van der Waals surface area contributed by atoms with E-state index in [9.17, 15) is 14.4 Å². The fourth-order valence-corrected chi connectivity index (χ4v) is 1.04. The predicted molar refractivity (Wildman–Crippen MR) is 83.8 cm³/mol. The zero-order chi connectivity index (χ0) is 17.0. The number of aliphatic carboxylic acids is 1. The van der Waals surface area contributed by atoms with Crippen LogP contribution in [0, 0.1) is 0 Å². The van der Waals surface area contributed by atoms with Crippen molar-refractivity contribution in [2.24, 2.45) is 0 Å². The largest absolute Gasteiger partial charge is 0.478 e. The monoisotopic (exact) mass is 302 g/mol. The van der Waals surface area contributed by atoms with Crippen molar-refractivity contribution in [3.05, 3.63) is 66.8 Å². The Morgan fingerprint density at radius 1 is 1.18 bits per heavy atom. The maximum atomic E-state index is 9.92. The Labute approximate surface area is 129 Å². The summed E-state index contributed by atoms with van der Waals surface area (Å²) in [6.45, 7) is 8.66. The fourth-order valence-electron chi connectivity index (χ4n) is 1.04. The molecule has 1 N–H and O–H groups in total. The maximum absolute atomic E-state index is 9.92. The number of esters is 2. The topological polar surface area (TPSA) is 80.7 Å². The Morgan fingerprint density at radius 3 is 1.86 bits per heavy atom. The van der Waals surface area contributed by atoms with Crippen LogP contribution in [0.5, 0.6) is 0 Å². The molecule has 1 aromatic carbocycles. The maximum Gasteiger partial charge on any atom is 0.338 e. The van der Waals surface area contributed by atoms with Crippen molar-refractivity contribution in [2.45, 2.75) is 13.3 Å². The Hall–Kier alpha value is -2.95. The molecule has 1 aromatic rings. The van der Waals surface area contributed by atoms with E-state index < -0.39 is 17.9 Å². The average Bonchev–Trinajstić information content (AvgIpc) is 2.91. The van der Waals surface area contributed by atoms with E-state index in [1.54, 1.807) is 6.92 Å². The molecule has 0 aromatic heterocycles. The number of hydrogen-bond acceptors (Lipinski definition) is 4. The highest BCUT2D eigenvalue weighted by molar-refractivity contribution is 6.04. The lowest BCUT2D eigenvalue weighted by molar-refractivity contribution is -0.150. The molecule has 0 atom stereocenters. The van der Waals surface area contributed by atoms with E-state index in [0.717, 1.165) is 12.2 Å². The van der Waals surface area contributed by atoms with Crippen molar-refractivity contribution < 1.29 is 24.2 Å². The number of ether oxygens (including phenoxy) is 1. The highest BCUT2D eigenvalue weighted by Crippen LogP contribution is 1.97. The first-order chi connectivity index (χ1) is 10.4. The molecular weight excluding hydrogens is 284 g/mol. The van der Waals surface area contributed by atoms with Gasteiger partial charge in [-0.3, -0.25) is 0 Å². The van der Waals surface area contributed by atoms with Gasteiger partial charge in [0.05, 0.1) is 0 Å². The molecule has 116 valence electrons. The van der Waals surface area contributed by atoms with Gasteiger partial charge in [-0.15, -0.1) is 0 Å². The number of carbonyl (C=O) groups is 3. The van der Waals surface area contributed by atoms with Crippen molar-refractivity contribution >= 4 is 24.0 Å².